The lowest BCUT2D eigenvalue weighted by Crippen LogP contribution is -2.03. The summed E-state index contributed by atoms with van der Waals surface area (Å²) in [7, 11) is 0. The van der Waals surface area contributed by atoms with Crippen LogP contribution in [0.15, 0.2) is 30.4 Å². The fraction of sp³-hybridized carbons (Fsp3) is 0. The molecule has 1 aromatic rings. The molecular weight excluding hydrogens is 148 g/mol. The summed E-state index contributed by atoms with van der Waals surface area (Å²) in [6, 6.07) is 5.47. The van der Waals surface area contributed by atoms with Crippen LogP contribution in [-0.4, -0.2) is 5.71 Å². The maximum absolute atomic E-state index is 7.58. The number of hydrogen-bond acceptors (Lipinski definition) is 1. The molecule has 0 spiro atoms. The summed E-state index contributed by atoms with van der Waals surface area (Å²) in [4.78, 5) is 0. The van der Waals surface area contributed by atoms with E-state index in [1.165, 1.54) is 0 Å². The smallest absolute Gasteiger partial charge is 0.145 e. The predicted molar refractivity (Wildman–Crippen MR) is 49.8 cm³/mol. The summed E-state index contributed by atoms with van der Waals surface area (Å²) in [6.07, 6.45) is 5.47. The van der Waals surface area contributed by atoms with Crippen LogP contribution < -0.4 is 0 Å². The highest BCUT2D eigenvalue weighted by Crippen LogP contribution is 2.26. The van der Waals surface area contributed by atoms with E-state index in [9.17, 15) is 0 Å². The van der Waals surface area contributed by atoms with Gasteiger partial charge in [0.05, 0.1) is 5.56 Å². The molecule has 0 bridgehead atoms. The molecule has 0 amide bonds. The lowest BCUT2D eigenvalue weighted by atomic mass is 9.94. The first-order valence-electron chi connectivity index (χ1n) is 3.74. The fourth-order valence-corrected chi connectivity index (χ4v) is 1.34. The zero-order valence-electron chi connectivity index (χ0n) is 6.46. The third kappa shape index (κ3) is 0.889. The van der Waals surface area contributed by atoms with E-state index in [4.69, 9.17) is 11.1 Å². The van der Waals surface area contributed by atoms with E-state index < -0.39 is 0 Å². The van der Waals surface area contributed by atoms with Crippen molar-refractivity contribution in [2.75, 3.05) is 0 Å². The molecule has 1 aromatic carbocycles. The first-order chi connectivity index (χ1) is 5.79. The van der Waals surface area contributed by atoms with Gasteiger partial charge in [0.15, 0.2) is 0 Å². The highest BCUT2D eigenvalue weighted by molar-refractivity contribution is 6.13. The van der Waals surface area contributed by atoms with Gasteiger partial charge < -0.3 is 5.73 Å². The zero-order valence-corrected chi connectivity index (χ0v) is 6.46. The molecule has 12 heavy (non-hydrogen) atoms. The van der Waals surface area contributed by atoms with Crippen molar-refractivity contribution < 1.29 is 0 Å². The second kappa shape index (κ2) is 2.41. The SMILES string of the molecule is N=C1C=C[CH+]c2cccc([NH-])c21. The molecule has 2 rings (SSSR count). The van der Waals surface area contributed by atoms with E-state index in [0.29, 0.717) is 11.4 Å². The van der Waals surface area contributed by atoms with Crippen LogP contribution in [-0.2, 0) is 0 Å². The summed E-state index contributed by atoms with van der Waals surface area (Å²) in [5.74, 6) is 0. The van der Waals surface area contributed by atoms with E-state index in [1.54, 1.807) is 12.1 Å². The number of benzene rings is 1. The Morgan fingerprint density at radius 1 is 1.33 bits per heavy atom. The average molecular weight is 156 g/mol. The molecule has 0 unspecified atom stereocenters. The van der Waals surface area contributed by atoms with E-state index in [1.807, 2.05) is 24.6 Å². The Morgan fingerprint density at radius 3 is 2.92 bits per heavy atom. The van der Waals surface area contributed by atoms with Crippen molar-refractivity contribution in [1.29, 1.82) is 5.41 Å². The highest BCUT2D eigenvalue weighted by atomic mass is 14.6. The topological polar surface area (TPSA) is 47.7 Å². The Balaban J connectivity index is 2.66. The standard InChI is InChI=1S/C10H8N2/c11-8-5-1-3-7-4-2-6-9(12)10(7)8/h1-6,11-12H. The van der Waals surface area contributed by atoms with Crippen LogP contribution >= 0.6 is 0 Å². The van der Waals surface area contributed by atoms with Crippen molar-refractivity contribution in [3.05, 3.63) is 53.6 Å². The van der Waals surface area contributed by atoms with Crippen molar-refractivity contribution >= 4 is 11.4 Å². The molecule has 0 saturated carbocycles. The van der Waals surface area contributed by atoms with E-state index >= 15 is 0 Å². The summed E-state index contributed by atoms with van der Waals surface area (Å²) in [5.41, 5.74) is 10.1. The van der Waals surface area contributed by atoms with Crippen LogP contribution in [0.5, 0.6) is 0 Å². The number of nitrogens with one attached hydrogen (secondary N) is 2. The van der Waals surface area contributed by atoms with Gasteiger partial charge >= 0.3 is 0 Å². The highest BCUT2D eigenvalue weighted by Gasteiger charge is 2.16. The maximum atomic E-state index is 7.58. The molecule has 2 nitrogen and oxygen atoms in total. The van der Waals surface area contributed by atoms with E-state index in [0.717, 1.165) is 11.1 Å². The molecule has 1 aliphatic carbocycles. The Morgan fingerprint density at radius 2 is 2.17 bits per heavy atom. The molecule has 0 atom stereocenters. The third-order valence-electron chi connectivity index (χ3n) is 1.90. The average Bonchev–Trinajstić information content (AvgIpc) is 2.04. The summed E-state index contributed by atoms with van der Waals surface area (Å²) >= 11 is 0. The lowest BCUT2D eigenvalue weighted by Gasteiger charge is -2.10. The Kier molecular flexibility index (Phi) is 1.40. The molecule has 58 valence electrons. The minimum atomic E-state index is 0.429. The Bertz CT molecular complexity index is 364. The van der Waals surface area contributed by atoms with Gasteiger partial charge in [0, 0.05) is 24.6 Å². The Labute approximate surface area is 71.2 Å². The maximum Gasteiger partial charge on any atom is 0.145 e. The van der Waals surface area contributed by atoms with Crippen molar-refractivity contribution in [3.8, 4) is 0 Å². The third-order valence-corrected chi connectivity index (χ3v) is 1.90. The van der Waals surface area contributed by atoms with Crippen molar-refractivity contribution in [2.45, 2.75) is 0 Å². The lowest BCUT2D eigenvalue weighted by molar-refractivity contribution is 1.42. The second-order valence-electron chi connectivity index (χ2n) is 2.71. The van der Waals surface area contributed by atoms with Crippen molar-refractivity contribution in [1.82, 2.24) is 0 Å². The van der Waals surface area contributed by atoms with Gasteiger partial charge in [-0.2, -0.15) is 0 Å². The molecular formula is C10H8N2. The minimum absolute atomic E-state index is 0.429. The van der Waals surface area contributed by atoms with Crippen LogP contribution in [0.3, 0.4) is 0 Å². The van der Waals surface area contributed by atoms with Crippen LogP contribution in [0.25, 0.3) is 5.73 Å². The van der Waals surface area contributed by atoms with Crippen molar-refractivity contribution in [2.24, 2.45) is 0 Å². The quantitative estimate of drug-likeness (QED) is 0.561. The minimum Gasteiger partial charge on any atom is -0.689 e. The molecule has 2 heteroatoms. The van der Waals surface area contributed by atoms with Gasteiger partial charge in [0.1, 0.15) is 11.3 Å². The molecule has 0 aliphatic heterocycles. The summed E-state index contributed by atoms with van der Waals surface area (Å²) in [5, 5.41) is 7.58. The number of allylic oxidation sites excluding steroid dienone is 2. The molecule has 0 aromatic heterocycles. The van der Waals surface area contributed by atoms with Gasteiger partial charge in [-0.15, -0.1) is 0 Å². The monoisotopic (exact) mass is 156 g/mol. The van der Waals surface area contributed by atoms with Gasteiger partial charge in [-0.3, -0.25) is 5.41 Å². The van der Waals surface area contributed by atoms with E-state index in [2.05, 4.69) is 0 Å². The zero-order chi connectivity index (χ0) is 8.55. The molecule has 0 saturated heterocycles. The van der Waals surface area contributed by atoms with Crippen LogP contribution in [0.1, 0.15) is 11.1 Å². The second-order valence-corrected chi connectivity index (χ2v) is 2.71. The molecule has 0 radical (unpaired) electrons. The van der Waals surface area contributed by atoms with Gasteiger partial charge in [-0.1, -0.05) is 11.8 Å². The van der Waals surface area contributed by atoms with Gasteiger partial charge in [-0.05, 0) is 6.07 Å². The molecule has 2 N–H and O–H groups in total. The van der Waals surface area contributed by atoms with Crippen LogP contribution in [0.2, 0.25) is 0 Å². The molecule has 1 aliphatic rings. The first-order valence-corrected chi connectivity index (χ1v) is 3.74. The molecule has 0 heterocycles. The fourth-order valence-electron chi connectivity index (χ4n) is 1.34. The first kappa shape index (κ1) is 6.98. The van der Waals surface area contributed by atoms with Gasteiger partial charge in [-0.25, -0.2) is 0 Å². The van der Waals surface area contributed by atoms with Gasteiger partial charge in [0.2, 0.25) is 0 Å². The predicted octanol–water partition coefficient (Wildman–Crippen LogP) is 2.86. The molecule has 0 fully saturated rings. The number of rotatable bonds is 0. The van der Waals surface area contributed by atoms with Crippen LogP contribution in [0.4, 0.5) is 5.69 Å². The number of hydrogen-bond donors (Lipinski definition) is 1. The Hall–Kier alpha value is -1.70. The largest absolute Gasteiger partial charge is 0.689 e. The summed E-state index contributed by atoms with van der Waals surface area (Å²) in [6.45, 7) is 0. The van der Waals surface area contributed by atoms with Crippen molar-refractivity contribution in [3.63, 3.8) is 0 Å². The van der Waals surface area contributed by atoms with Gasteiger partial charge in [0.25, 0.3) is 0 Å². The van der Waals surface area contributed by atoms with Crippen LogP contribution in [0, 0.1) is 11.8 Å². The normalized spacial score (nSPS) is 13.8. The summed E-state index contributed by atoms with van der Waals surface area (Å²) < 4.78 is 0. The van der Waals surface area contributed by atoms with E-state index in [-0.39, 0.29) is 0 Å². The number of fused-ring (bicyclic) bond motifs is 1.